The Morgan fingerprint density at radius 2 is 2.18 bits per heavy atom. The van der Waals surface area contributed by atoms with Crippen LogP contribution in [0.2, 0.25) is 0 Å². The number of hydrogen-bond donors (Lipinski definition) is 1. The highest BCUT2D eigenvalue weighted by molar-refractivity contribution is 6.10. The number of rotatable bonds is 1. The standard InChI is InChI=1S/C7H8N2O2/c10-6-5(4-1-2-4)7(11)9-3-8-6/h3-5H,1-2H2,(H,8,9,10,11). The van der Waals surface area contributed by atoms with Crippen molar-refractivity contribution in [2.24, 2.45) is 16.8 Å². The maximum atomic E-state index is 11.1. The van der Waals surface area contributed by atoms with Gasteiger partial charge < -0.3 is 5.32 Å². The van der Waals surface area contributed by atoms with E-state index in [2.05, 4.69) is 10.3 Å². The van der Waals surface area contributed by atoms with Crippen molar-refractivity contribution in [3.05, 3.63) is 0 Å². The Balaban J connectivity index is 2.20. The molecule has 0 radical (unpaired) electrons. The highest BCUT2D eigenvalue weighted by atomic mass is 16.2. The molecule has 1 fully saturated rings. The van der Waals surface area contributed by atoms with E-state index in [1.807, 2.05) is 0 Å². The molecule has 0 bridgehead atoms. The average molecular weight is 152 g/mol. The molecule has 0 saturated heterocycles. The summed E-state index contributed by atoms with van der Waals surface area (Å²) in [6.07, 6.45) is 3.14. The summed E-state index contributed by atoms with van der Waals surface area (Å²) in [6, 6.07) is 0. The van der Waals surface area contributed by atoms with Gasteiger partial charge in [-0.1, -0.05) is 0 Å². The van der Waals surface area contributed by atoms with Crippen LogP contribution in [0.3, 0.4) is 0 Å². The molecule has 2 aliphatic rings. The summed E-state index contributed by atoms with van der Waals surface area (Å²) in [4.78, 5) is 25.6. The molecule has 1 atom stereocenters. The third-order valence-electron chi connectivity index (χ3n) is 2.04. The summed E-state index contributed by atoms with van der Waals surface area (Å²) in [6.45, 7) is 0. The molecule has 1 heterocycles. The van der Waals surface area contributed by atoms with E-state index >= 15 is 0 Å². The van der Waals surface area contributed by atoms with Gasteiger partial charge in [0.05, 0.1) is 6.34 Å². The van der Waals surface area contributed by atoms with E-state index in [1.54, 1.807) is 0 Å². The van der Waals surface area contributed by atoms with E-state index in [1.165, 1.54) is 6.34 Å². The van der Waals surface area contributed by atoms with E-state index in [-0.39, 0.29) is 17.7 Å². The second-order valence-electron chi connectivity index (χ2n) is 2.92. The summed E-state index contributed by atoms with van der Waals surface area (Å²) >= 11 is 0. The van der Waals surface area contributed by atoms with Gasteiger partial charge >= 0.3 is 0 Å². The Kier molecular flexibility index (Phi) is 1.27. The number of amides is 2. The van der Waals surface area contributed by atoms with Crippen LogP contribution in [0, 0.1) is 11.8 Å². The minimum Gasteiger partial charge on any atom is -0.316 e. The largest absolute Gasteiger partial charge is 0.316 e. The minimum absolute atomic E-state index is 0.187. The van der Waals surface area contributed by atoms with E-state index in [0.29, 0.717) is 0 Å². The lowest BCUT2D eigenvalue weighted by Gasteiger charge is -2.13. The molecule has 0 aromatic heterocycles. The molecule has 1 unspecified atom stereocenters. The van der Waals surface area contributed by atoms with Gasteiger partial charge in [0, 0.05) is 0 Å². The second-order valence-corrected chi connectivity index (χ2v) is 2.92. The first kappa shape index (κ1) is 6.52. The van der Waals surface area contributed by atoms with Crippen molar-refractivity contribution in [1.29, 1.82) is 0 Å². The zero-order chi connectivity index (χ0) is 7.84. The molecule has 0 aromatic rings. The zero-order valence-electron chi connectivity index (χ0n) is 5.91. The summed E-state index contributed by atoms with van der Waals surface area (Å²) in [5.41, 5.74) is 0. The maximum Gasteiger partial charge on any atom is 0.259 e. The van der Waals surface area contributed by atoms with Crippen molar-refractivity contribution in [2.45, 2.75) is 12.8 Å². The molecular formula is C7H8N2O2. The molecule has 2 rings (SSSR count). The lowest BCUT2D eigenvalue weighted by Crippen LogP contribution is -2.39. The Labute approximate surface area is 63.7 Å². The summed E-state index contributed by atoms with van der Waals surface area (Å²) in [5, 5.41) is 2.43. The Hall–Kier alpha value is -1.19. The van der Waals surface area contributed by atoms with Crippen LogP contribution in [0.25, 0.3) is 0 Å². The van der Waals surface area contributed by atoms with Crippen molar-refractivity contribution in [3.63, 3.8) is 0 Å². The minimum atomic E-state index is -0.486. The normalized spacial score (nSPS) is 30.4. The van der Waals surface area contributed by atoms with Gasteiger partial charge in [-0.25, -0.2) is 4.99 Å². The summed E-state index contributed by atoms with van der Waals surface area (Å²) < 4.78 is 0. The van der Waals surface area contributed by atoms with Crippen molar-refractivity contribution in [2.75, 3.05) is 0 Å². The van der Waals surface area contributed by atoms with Crippen LogP contribution in [0.1, 0.15) is 12.8 Å². The van der Waals surface area contributed by atoms with E-state index in [0.717, 1.165) is 12.8 Å². The van der Waals surface area contributed by atoms with Crippen LogP contribution in [0.5, 0.6) is 0 Å². The monoisotopic (exact) mass is 152 g/mol. The summed E-state index contributed by atoms with van der Waals surface area (Å²) in [7, 11) is 0. The number of nitrogens with zero attached hydrogens (tertiary/aromatic N) is 1. The first-order valence-corrected chi connectivity index (χ1v) is 3.66. The highest BCUT2D eigenvalue weighted by Crippen LogP contribution is 2.37. The van der Waals surface area contributed by atoms with Crippen LogP contribution >= 0.6 is 0 Å². The fourth-order valence-electron chi connectivity index (χ4n) is 1.29. The molecule has 1 N–H and O–H groups in total. The molecule has 0 spiro atoms. The highest BCUT2D eigenvalue weighted by Gasteiger charge is 2.42. The molecule has 0 aromatic carbocycles. The molecular weight excluding hydrogens is 144 g/mol. The second kappa shape index (κ2) is 2.15. The number of hydrogen-bond acceptors (Lipinski definition) is 2. The lowest BCUT2D eigenvalue weighted by atomic mass is 10.0. The molecule has 4 nitrogen and oxygen atoms in total. The smallest absolute Gasteiger partial charge is 0.259 e. The fraction of sp³-hybridized carbons (Fsp3) is 0.571. The van der Waals surface area contributed by atoms with Crippen molar-refractivity contribution < 1.29 is 9.59 Å². The van der Waals surface area contributed by atoms with Gasteiger partial charge in [0.25, 0.3) is 5.91 Å². The average Bonchev–Trinajstić information content (AvgIpc) is 2.70. The van der Waals surface area contributed by atoms with Gasteiger partial charge in [-0.3, -0.25) is 9.59 Å². The molecule has 2 amide bonds. The van der Waals surface area contributed by atoms with Gasteiger partial charge in [0.2, 0.25) is 5.91 Å². The van der Waals surface area contributed by atoms with E-state index in [9.17, 15) is 9.59 Å². The van der Waals surface area contributed by atoms with Crippen molar-refractivity contribution >= 4 is 18.2 Å². The first-order chi connectivity index (χ1) is 5.29. The molecule has 1 aliphatic heterocycles. The fourth-order valence-corrected chi connectivity index (χ4v) is 1.29. The molecule has 1 aliphatic carbocycles. The SMILES string of the molecule is O=C1N=CNC(=O)C1C1CC1. The van der Waals surface area contributed by atoms with E-state index in [4.69, 9.17) is 0 Å². The van der Waals surface area contributed by atoms with Crippen LogP contribution in [0.4, 0.5) is 0 Å². The predicted octanol–water partition coefficient (Wildman–Crippen LogP) is -0.303. The molecule has 4 heteroatoms. The van der Waals surface area contributed by atoms with Crippen LogP contribution in [0.15, 0.2) is 4.99 Å². The maximum absolute atomic E-state index is 11.1. The molecule has 58 valence electrons. The van der Waals surface area contributed by atoms with Gasteiger partial charge in [-0.05, 0) is 18.8 Å². The zero-order valence-corrected chi connectivity index (χ0v) is 5.91. The Morgan fingerprint density at radius 1 is 1.45 bits per heavy atom. The quantitative estimate of drug-likeness (QED) is 0.524. The Morgan fingerprint density at radius 3 is 2.73 bits per heavy atom. The van der Waals surface area contributed by atoms with Crippen molar-refractivity contribution in [1.82, 2.24) is 5.32 Å². The first-order valence-electron chi connectivity index (χ1n) is 3.66. The number of carbonyl (C=O) groups is 2. The topological polar surface area (TPSA) is 58.5 Å². The van der Waals surface area contributed by atoms with Gasteiger partial charge in [0.1, 0.15) is 5.92 Å². The number of aliphatic imine (C=N–C) groups is 1. The Bertz CT molecular complexity index is 243. The van der Waals surface area contributed by atoms with E-state index < -0.39 is 5.92 Å². The van der Waals surface area contributed by atoms with Crippen molar-refractivity contribution in [3.8, 4) is 0 Å². The molecule has 11 heavy (non-hydrogen) atoms. The van der Waals surface area contributed by atoms with Crippen LogP contribution < -0.4 is 5.32 Å². The predicted molar refractivity (Wildman–Crippen MR) is 37.9 cm³/mol. The molecule has 1 saturated carbocycles. The third kappa shape index (κ3) is 1.04. The summed E-state index contributed by atoms with van der Waals surface area (Å²) in [5.74, 6) is -0.691. The van der Waals surface area contributed by atoms with Crippen LogP contribution in [-0.2, 0) is 9.59 Å². The number of carbonyl (C=O) groups excluding carboxylic acids is 2. The van der Waals surface area contributed by atoms with Crippen LogP contribution in [-0.4, -0.2) is 18.2 Å². The van der Waals surface area contributed by atoms with Gasteiger partial charge in [-0.2, -0.15) is 0 Å². The number of nitrogens with one attached hydrogen (secondary N) is 1. The lowest BCUT2D eigenvalue weighted by molar-refractivity contribution is -0.134. The van der Waals surface area contributed by atoms with Gasteiger partial charge in [0.15, 0.2) is 0 Å². The van der Waals surface area contributed by atoms with Gasteiger partial charge in [-0.15, -0.1) is 0 Å². The third-order valence-corrected chi connectivity index (χ3v) is 2.04.